The number of nitrogens with zero attached hydrogens (tertiary/aromatic N) is 3. The van der Waals surface area contributed by atoms with E-state index in [0.717, 1.165) is 11.1 Å². The molecule has 0 radical (unpaired) electrons. The number of nitrogens with two attached hydrogens (primary N) is 2. The third kappa shape index (κ3) is 5.37. The van der Waals surface area contributed by atoms with Gasteiger partial charge in [0.25, 0.3) is 5.56 Å². The van der Waals surface area contributed by atoms with Crippen LogP contribution >= 0.6 is 0 Å². The fraction of sp³-hybridized carbons (Fsp3) is 0.478. The standard InChI is InChI=1S/C23H32N6O5/c1-14(2)11-29-20(24)19(22(32)26-23(29)33)28(8-9-34-3)18(30)13-27-12-16-7-5-4-6-15(16)10-17(27)21(25)31/h4-7,14,17H,8-13,24H2,1-3H3,(H2,25,31)(H,26,32,33). The zero-order valence-corrected chi connectivity index (χ0v) is 19.7. The summed E-state index contributed by atoms with van der Waals surface area (Å²) in [5.41, 5.74) is 12.4. The van der Waals surface area contributed by atoms with Crippen LogP contribution in [-0.2, 0) is 33.8 Å². The number of benzene rings is 1. The number of hydrogen-bond acceptors (Lipinski definition) is 7. The van der Waals surface area contributed by atoms with Crippen LogP contribution in [0.15, 0.2) is 33.9 Å². The molecule has 0 saturated carbocycles. The molecule has 1 atom stereocenters. The lowest BCUT2D eigenvalue weighted by Crippen LogP contribution is -2.53. The second kappa shape index (κ2) is 10.7. The highest BCUT2D eigenvalue weighted by Crippen LogP contribution is 2.24. The molecule has 2 amide bonds. The van der Waals surface area contributed by atoms with Gasteiger partial charge in [-0.15, -0.1) is 0 Å². The zero-order chi connectivity index (χ0) is 25.0. The minimum absolute atomic E-state index is 0.0359. The van der Waals surface area contributed by atoms with Crippen LogP contribution in [-0.4, -0.2) is 59.1 Å². The highest BCUT2D eigenvalue weighted by atomic mass is 16.5. The van der Waals surface area contributed by atoms with Crippen molar-refractivity contribution in [3.8, 4) is 0 Å². The first-order chi connectivity index (χ1) is 16.1. The maximum absolute atomic E-state index is 13.5. The average Bonchev–Trinajstić information content (AvgIpc) is 2.77. The molecule has 1 aliphatic rings. The molecule has 34 heavy (non-hydrogen) atoms. The summed E-state index contributed by atoms with van der Waals surface area (Å²) in [4.78, 5) is 56.0. The number of primary amides is 1. The molecule has 5 N–H and O–H groups in total. The monoisotopic (exact) mass is 472 g/mol. The molecule has 2 heterocycles. The fourth-order valence-electron chi connectivity index (χ4n) is 4.21. The van der Waals surface area contributed by atoms with Gasteiger partial charge in [-0.1, -0.05) is 38.1 Å². The number of nitrogens with one attached hydrogen (secondary N) is 1. The predicted molar refractivity (Wildman–Crippen MR) is 128 cm³/mol. The molecule has 3 rings (SSSR count). The molecule has 2 aromatic rings. The van der Waals surface area contributed by atoms with E-state index in [9.17, 15) is 19.2 Å². The second-order valence-electron chi connectivity index (χ2n) is 8.83. The number of carbonyl (C=O) groups excluding carboxylic acids is 2. The van der Waals surface area contributed by atoms with Crippen LogP contribution in [0.25, 0.3) is 0 Å². The van der Waals surface area contributed by atoms with Crippen LogP contribution < -0.4 is 27.6 Å². The number of H-pyrrole nitrogens is 1. The third-order valence-corrected chi connectivity index (χ3v) is 5.86. The summed E-state index contributed by atoms with van der Waals surface area (Å²) in [5.74, 6) is -1.02. The number of anilines is 2. The lowest BCUT2D eigenvalue weighted by molar-refractivity contribution is -0.126. The van der Waals surface area contributed by atoms with Crippen LogP contribution in [0.4, 0.5) is 11.5 Å². The first-order valence-corrected chi connectivity index (χ1v) is 11.2. The Balaban J connectivity index is 1.97. The quantitative estimate of drug-likeness (QED) is 0.451. The smallest absolute Gasteiger partial charge is 0.330 e. The number of ether oxygens (including phenoxy) is 1. The Bertz CT molecular complexity index is 1170. The Kier molecular flexibility index (Phi) is 7.90. The van der Waals surface area contributed by atoms with Gasteiger partial charge >= 0.3 is 5.69 Å². The van der Waals surface area contributed by atoms with Gasteiger partial charge in [-0.2, -0.15) is 0 Å². The van der Waals surface area contributed by atoms with Crippen molar-refractivity contribution < 1.29 is 14.3 Å². The summed E-state index contributed by atoms with van der Waals surface area (Å²) in [7, 11) is 1.47. The molecule has 0 bridgehead atoms. The van der Waals surface area contributed by atoms with Crippen molar-refractivity contribution in [1.29, 1.82) is 0 Å². The summed E-state index contributed by atoms with van der Waals surface area (Å²) in [6.07, 6.45) is 0.388. The number of carbonyl (C=O) groups is 2. The normalized spacial score (nSPS) is 15.8. The van der Waals surface area contributed by atoms with E-state index >= 15 is 0 Å². The van der Waals surface area contributed by atoms with E-state index in [4.69, 9.17) is 16.2 Å². The molecular weight excluding hydrogens is 440 g/mol. The number of amides is 2. The summed E-state index contributed by atoms with van der Waals surface area (Å²) in [5, 5.41) is 0. The van der Waals surface area contributed by atoms with Crippen molar-refractivity contribution in [2.75, 3.05) is 37.4 Å². The van der Waals surface area contributed by atoms with Gasteiger partial charge in [0.1, 0.15) is 5.82 Å². The Labute approximate surface area is 197 Å². The molecule has 0 aliphatic carbocycles. The first-order valence-electron chi connectivity index (χ1n) is 11.2. The molecule has 0 saturated heterocycles. The molecule has 11 nitrogen and oxygen atoms in total. The van der Waals surface area contributed by atoms with E-state index in [1.807, 2.05) is 38.1 Å². The third-order valence-electron chi connectivity index (χ3n) is 5.86. The average molecular weight is 473 g/mol. The predicted octanol–water partition coefficient (Wildman–Crippen LogP) is -0.334. The van der Waals surface area contributed by atoms with Gasteiger partial charge in [0.15, 0.2) is 5.69 Å². The molecule has 184 valence electrons. The van der Waals surface area contributed by atoms with Crippen LogP contribution in [0.2, 0.25) is 0 Å². The number of hydrogen-bond donors (Lipinski definition) is 3. The Morgan fingerprint density at radius 1 is 1.24 bits per heavy atom. The lowest BCUT2D eigenvalue weighted by atomic mass is 9.93. The van der Waals surface area contributed by atoms with Crippen molar-refractivity contribution >= 4 is 23.3 Å². The Morgan fingerprint density at radius 3 is 2.53 bits per heavy atom. The van der Waals surface area contributed by atoms with Gasteiger partial charge in [0.2, 0.25) is 11.8 Å². The minimum atomic E-state index is -0.762. The van der Waals surface area contributed by atoms with E-state index in [1.165, 1.54) is 16.6 Å². The molecule has 1 aromatic heterocycles. The Morgan fingerprint density at radius 2 is 1.91 bits per heavy atom. The number of aromatic nitrogens is 2. The molecule has 1 aromatic carbocycles. The molecular formula is C23H32N6O5. The summed E-state index contributed by atoms with van der Waals surface area (Å²) < 4.78 is 6.38. The van der Waals surface area contributed by atoms with Gasteiger partial charge in [0.05, 0.1) is 19.2 Å². The summed E-state index contributed by atoms with van der Waals surface area (Å²) >= 11 is 0. The van der Waals surface area contributed by atoms with E-state index in [1.54, 1.807) is 4.90 Å². The molecule has 0 fully saturated rings. The number of rotatable bonds is 9. The van der Waals surface area contributed by atoms with Crippen molar-refractivity contribution in [2.45, 2.75) is 39.4 Å². The zero-order valence-electron chi connectivity index (χ0n) is 19.7. The van der Waals surface area contributed by atoms with E-state index in [2.05, 4.69) is 4.98 Å². The maximum Gasteiger partial charge on any atom is 0.330 e. The maximum atomic E-state index is 13.5. The number of methoxy groups -OCH3 is 1. The number of aromatic amines is 1. The van der Waals surface area contributed by atoms with E-state index in [0.29, 0.717) is 13.0 Å². The van der Waals surface area contributed by atoms with Crippen molar-refractivity contribution in [2.24, 2.45) is 11.7 Å². The van der Waals surface area contributed by atoms with E-state index in [-0.39, 0.29) is 43.7 Å². The van der Waals surface area contributed by atoms with Gasteiger partial charge < -0.3 is 21.1 Å². The van der Waals surface area contributed by atoms with Crippen LogP contribution in [0.5, 0.6) is 0 Å². The van der Waals surface area contributed by atoms with Crippen LogP contribution in [0.1, 0.15) is 25.0 Å². The summed E-state index contributed by atoms with van der Waals surface area (Å²) in [6.45, 7) is 4.43. The largest absolute Gasteiger partial charge is 0.383 e. The first kappa shape index (κ1) is 25.2. The summed E-state index contributed by atoms with van der Waals surface area (Å²) in [6, 6.07) is 7.00. The van der Waals surface area contributed by atoms with Crippen LogP contribution in [0, 0.1) is 5.92 Å². The molecule has 1 unspecified atom stereocenters. The van der Waals surface area contributed by atoms with Crippen molar-refractivity contribution in [1.82, 2.24) is 14.5 Å². The SMILES string of the molecule is COCCN(C(=O)CN1Cc2ccccc2CC1C(N)=O)c1c(N)n(CC(C)C)c(=O)[nH]c1=O. The number of nitrogen functional groups attached to an aromatic ring is 1. The van der Waals surface area contributed by atoms with Gasteiger partial charge in [0, 0.05) is 26.7 Å². The van der Waals surface area contributed by atoms with Crippen molar-refractivity contribution in [3.63, 3.8) is 0 Å². The second-order valence-corrected chi connectivity index (χ2v) is 8.83. The highest BCUT2D eigenvalue weighted by Gasteiger charge is 2.33. The van der Waals surface area contributed by atoms with Crippen molar-refractivity contribution in [3.05, 3.63) is 56.2 Å². The topological polar surface area (TPSA) is 157 Å². The molecule has 0 spiro atoms. The molecule has 11 heteroatoms. The fourth-order valence-corrected chi connectivity index (χ4v) is 4.21. The Hall–Kier alpha value is -3.44. The lowest BCUT2D eigenvalue weighted by Gasteiger charge is -2.36. The minimum Gasteiger partial charge on any atom is -0.383 e. The van der Waals surface area contributed by atoms with Crippen LogP contribution in [0.3, 0.4) is 0 Å². The van der Waals surface area contributed by atoms with Gasteiger partial charge in [-0.05, 0) is 23.5 Å². The van der Waals surface area contributed by atoms with Gasteiger partial charge in [-0.25, -0.2) is 4.79 Å². The number of fused-ring (bicyclic) bond motifs is 1. The molecule has 1 aliphatic heterocycles. The van der Waals surface area contributed by atoms with E-state index < -0.39 is 29.1 Å². The van der Waals surface area contributed by atoms with Gasteiger partial charge in [-0.3, -0.25) is 28.8 Å². The highest BCUT2D eigenvalue weighted by molar-refractivity contribution is 5.97.